The van der Waals surface area contributed by atoms with Gasteiger partial charge in [-0.15, -0.1) is 0 Å². The summed E-state index contributed by atoms with van der Waals surface area (Å²) in [6.07, 6.45) is 1.69. The van der Waals surface area contributed by atoms with E-state index in [2.05, 4.69) is 12.0 Å². The molecule has 2 N–H and O–H groups in total. The third-order valence-corrected chi connectivity index (χ3v) is 3.71. The average Bonchev–Trinajstić information content (AvgIpc) is 2.78. The van der Waals surface area contributed by atoms with Crippen LogP contribution in [0.1, 0.15) is 18.4 Å². The van der Waals surface area contributed by atoms with E-state index >= 15 is 0 Å². The molecule has 16 heavy (non-hydrogen) atoms. The molecule has 2 aromatic rings. The van der Waals surface area contributed by atoms with Crippen LogP contribution in [0.4, 0.5) is 5.69 Å². The lowest BCUT2D eigenvalue weighted by molar-refractivity contribution is 0.526. The van der Waals surface area contributed by atoms with E-state index in [1.54, 1.807) is 18.0 Å². The highest BCUT2D eigenvalue weighted by Crippen LogP contribution is 2.35. The highest BCUT2D eigenvalue weighted by atomic mass is 32.2. The van der Waals surface area contributed by atoms with Gasteiger partial charge in [0.05, 0.1) is 22.5 Å². The highest BCUT2D eigenvalue weighted by Gasteiger charge is 2.14. The molecule has 86 valence electrons. The summed E-state index contributed by atoms with van der Waals surface area (Å²) in [7, 11) is 0. The first-order valence-corrected chi connectivity index (χ1v) is 6.00. The van der Waals surface area contributed by atoms with E-state index in [1.165, 1.54) is 0 Å². The zero-order chi connectivity index (χ0) is 11.7. The minimum Gasteiger partial charge on any atom is -0.468 e. The normalized spacial score (nSPS) is 10.9. The van der Waals surface area contributed by atoms with Crippen LogP contribution in [0.25, 0.3) is 0 Å². The van der Waals surface area contributed by atoms with Gasteiger partial charge in [0.25, 0.3) is 0 Å². The van der Waals surface area contributed by atoms with Crippen molar-refractivity contribution < 1.29 is 4.42 Å². The van der Waals surface area contributed by atoms with Crippen LogP contribution in [0.5, 0.6) is 0 Å². The quantitative estimate of drug-likeness (QED) is 0.891. The number of aromatic nitrogens is 2. The van der Waals surface area contributed by atoms with Gasteiger partial charge in [-0.3, -0.25) is 4.68 Å². The summed E-state index contributed by atoms with van der Waals surface area (Å²) in [5.74, 6) is 0.908. The number of hydrogen-bond acceptors (Lipinski definition) is 4. The predicted octanol–water partition coefficient (Wildman–Crippen LogP) is 2.85. The Balaban J connectivity index is 2.37. The Bertz CT molecular complexity index is 501. The van der Waals surface area contributed by atoms with Crippen molar-refractivity contribution in [3.63, 3.8) is 0 Å². The summed E-state index contributed by atoms with van der Waals surface area (Å²) in [5, 5.41) is 5.37. The number of nitrogens with two attached hydrogens (primary N) is 1. The molecule has 5 heteroatoms. The number of nitrogen functional groups attached to an aromatic ring is 1. The Morgan fingerprint density at radius 2 is 2.25 bits per heavy atom. The molecule has 0 saturated carbocycles. The molecule has 0 aliphatic heterocycles. The largest absolute Gasteiger partial charge is 0.468 e. The molecule has 0 amide bonds. The zero-order valence-corrected chi connectivity index (χ0v) is 10.5. The maximum Gasteiger partial charge on any atom is 0.122 e. The van der Waals surface area contributed by atoms with Crippen LogP contribution in [-0.2, 0) is 6.54 Å². The number of furan rings is 1. The predicted molar refractivity (Wildman–Crippen MR) is 64.6 cm³/mol. The molecule has 2 heterocycles. The van der Waals surface area contributed by atoms with E-state index in [9.17, 15) is 0 Å². The Morgan fingerprint density at radius 3 is 2.81 bits per heavy atom. The van der Waals surface area contributed by atoms with Gasteiger partial charge in [0.1, 0.15) is 10.8 Å². The van der Waals surface area contributed by atoms with Crippen molar-refractivity contribution in [1.82, 2.24) is 9.78 Å². The van der Waals surface area contributed by atoms with Crippen LogP contribution in [0, 0.1) is 13.8 Å². The van der Waals surface area contributed by atoms with Gasteiger partial charge in [-0.2, -0.15) is 5.10 Å². The number of hydrogen-bond donors (Lipinski definition) is 1. The second kappa shape index (κ2) is 4.25. The molecule has 0 unspecified atom stereocenters. The van der Waals surface area contributed by atoms with Crippen molar-refractivity contribution in [2.75, 3.05) is 5.73 Å². The fraction of sp³-hybridized carbons (Fsp3) is 0.364. The van der Waals surface area contributed by atoms with Crippen molar-refractivity contribution in [3.05, 3.63) is 23.8 Å². The third-order valence-electron chi connectivity index (χ3n) is 2.44. The molecule has 0 bridgehead atoms. The van der Waals surface area contributed by atoms with E-state index in [0.29, 0.717) is 0 Å². The summed E-state index contributed by atoms with van der Waals surface area (Å²) < 4.78 is 7.18. The standard InChI is InChI=1S/C11H15N3OS/c1-4-14-11(10(12)7(2)13-14)16-9-5-6-15-8(9)3/h5-6H,4,12H2,1-3H3. The minimum atomic E-state index is 0.757. The van der Waals surface area contributed by atoms with Gasteiger partial charge in [0.2, 0.25) is 0 Å². The lowest BCUT2D eigenvalue weighted by Gasteiger charge is -2.04. The van der Waals surface area contributed by atoms with E-state index in [-0.39, 0.29) is 0 Å². The fourth-order valence-electron chi connectivity index (χ4n) is 1.48. The van der Waals surface area contributed by atoms with E-state index in [4.69, 9.17) is 10.2 Å². The molecule has 2 aromatic heterocycles. The van der Waals surface area contributed by atoms with Crippen LogP contribution in [0.15, 0.2) is 26.7 Å². The van der Waals surface area contributed by atoms with E-state index in [1.807, 2.05) is 24.6 Å². The van der Waals surface area contributed by atoms with Gasteiger partial charge in [0, 0.05) is 6.54 Å². The van der Waals surface area contributed by atoms with Crippen LogP contribution in [-0.4, -0.2) is 9.78 Å². The third kappa shape index (κ3) is 1.82. The molecule has 0 atom stereocenters. The first-order valence-electron chi connectivity index (χ1n) is 5.18. The van der Waals surface area contributed by atoms with E-state index in [0.717, 1.165) is 33.6 Å². The van der Waals surface area contributed by atoms with Crippen LogP contribution >= 0.6 is 11.8 Å². The highest BCUT2D eigenvalue weighted by molar-refractivity contribution is 7.99. The molecule has 0 aromatic carbocycles. The molecular formula is C11H15N3OS. The van der Waals surface area contributed by atoms with Gasteiger partial charge in [0.15, 0.2) is 0 Å². The van der Waals surface area contributed by atoms with Crippen molar-refractivity contribution in [2.24, 2.45) is 0 Å². The molecule has 0 fully saturated rings. The summed E-state index contributed by atoms with van der Waals surface area (Å²) >= 11 is 1.60. The summed E-state index contributed by atoms with van der Waals surface area (Å²) in [6, 6.07) is 1.95. The number of rotatable bonds is 3. The maximum absolute atomic E-state index is 6.01. The van der Waals surface area contributed by atoms with Crippen LogP contribution < -0.4 is 5.73 Å². The van der Waals surface area contributed by atoms with Crippen LogP contribution in [0.2, 0.25) is 0 Å². The monoisotopic (exact) mass is 237 g/mol. The second-order valence-corrected chi connectivity index (χ2v) is 4.59. The number of nitrogens with zero attached hydrogens (tertiary/aromatic N) is 2. The molecule has 0 aliphatic carbocycles. The topological polar surface area (TPSA) is 57.0 Å². The summed E-state index contributed by atoms with van der Waals surface area (Å²) in [6.45, 7) is 6.74. The van der Waals surface area contributed by atoms with Gasteiger partial charge >= 0.3 is 0 Å². The lowest BCUT2D eigenvalue weighted by Crippen LogP contribution is -1.98. The number of aryl methyl sites for hydroxylation is 3. The van der Waals surface area contributed by atoms with Gasteiger partial charge in [-0.05, 0) is 26.8 Å². The maximum atomic E-state index is 6.01. The van der Waals surface area contributed by atoms with Crippen molar-refractivity contribution in [3.8, 4) is 0 Å². The van der Waals surface area contributed by atoms with Crippen molar-refractivity contribution in [2.45, 2.75) is 37.2 Å². The molecule has 0 radical (unpaired) electrons. The smallest absolute Gasteiger partial charge is 0.122 e. The van der Waals surface area contributed by atoms with Crippen LogP contribution in [0.3, 0.4) is 0 Å². The Kier molecular flexibility index (Phi) is 2.96. The fourth-order valence-corrected chi connectivity index (χ4v) is 2.54. The molecular weight excluding hydrogens is 222 g/mol. The molecule has 0 aliphatic rings. The van der Waals surface area contributed by atoms with Gasteiger partial charge in [-0.1, -0.05) is 11.8 Å². The second-order valence-electron chi connectivity index (χ2n) is 3.56. The Morgan fingerprint density at radius 1 is 1.50 bits per heavy atom. The Labute approximate surface area is 98.8 Å². The summed E-state index contributed by atoms with van der Waals surface area (Å²) in [5.41, 5.74) is 7.65. The van der Waals surface area contributed by atoms with Gasteiger partial charge < -0.3 is 10.2 Å². The Hall–Kier alpha value is -1.36. The molecule has 2 rings (SSSR count). The zero-order valence-electron chi connectivity index (χ0n) is 9.65. The average molecular weight is 237 g/mol. The van der Waals surface area contributed by atoms with Gasteiger partial charge in [-0.25, -0.2) is 0 Å². The number of anilines is 1. The molecule has 0 spiro atoms. The molecule has 0 saturated heterocycles. The SMILES string of the molecule is CCn1nc(C)c(N)c1Sc1ccoc1C. The first kappa shape index (κ1) is 11.1. The van der Waals surface area contributed by atoms with E-state index < -0.39 is 0 Å². The first-order chi connectivity index (χ1) is 7.63. The van der Waals surface area contributed by atoms with Crippen molar-refractivity contribution >= 4 is 17.4 Å². The summed E-state index contributed by atoms with van der Waals surface area (Å²) in [4.78, 5) is 1.08. The minimum absolute atomic E-state index is 0.757. The van der Waals surface area contributed by atoms with Crippen molar-refractivity contribution in [1.29, 1.82) is 0 Å². The molecule has 4 nitrogen and oxygen atoms in total. The lowest BCUT2D eigenvalue weighted by atomic mass is 10.4.